The molecule has 110 valence electrons. The van der Waals surface area contributed by atoms with Gasteiger partial charge in [0.2, 0.25) is 0 Å². The molecular formula is C16H22ClNO2. The first-order valence-corrected chi connectivity index (χ1v) is 7.82. The number of nitrogens with zero attached hydrogens (tertiary/aromatic N) is 1. The van der Waals surface area contributed by atoms with Crippen molar-refractivity contribution in [1.82, 2.24) is 4.90 Å². The van der Waals surface area contributed by atoms with E-state index in [0.29, 0.717) is 6.61 Å². The Morgan fingerprint density at radius 2 is 1.95 bits per heavy atom. The van der Waals surface area contributed by atoms with E-state index < -0.39 is 0 Å². The number of aliphatic hydroxyl groups is 1. The number of benzene rings is 1. The van der Waals surface area contributed by atoms with Crippen LogP contribution in [0, 0.1) is 0 Å². The van der Waals surface area contributed by atoms with Crippen molar-refractivity contribution in [2.24, 2.45) is 0 Å². The summed E-state index contributed by atoms with van der Waals surface area (Å²) < 4.78 is 5.83. The van der Waals surface area contributed by atoms with E-state index in [4.69, 9.17) is 16.3 Å². The Hall–Kier alpha value is -0.610. The molecular weight excluding hydrogens is 274 g/mol. The molecule has 1 aromatic rings. The minimum absolute atomic E-state index is 0.0316. The molecule has 3 rings (SSSR count). The normalized spacial score (nSPS) is 26.2. The fourth-order valence-electron chi connectivity index (χ4n) is 3.29. The summed E-state index contributed by atoms with van der Waals surface area (Å²) >= 11 is 5.90. The lowest BCUT2D eigenvalue weighted by Crippen LogP contribution is -2.44. The van der Waals surface area contributed by atoms with Crippen molar-refractivity contribution in [3.8, 4) is 0 Å². The number of aliphatic hydroxyl groups excluding tert-OH is 1. The van der Waals surface area contributed by atoms with Gasteiger partial charge in [0.15, 0.2) is 0 Å². The summed E-state index contributed by atoms with van der Waals surface area (Å²) in [6, 6.07) is 8.11. The van der Waals surface area contributed by atoms with Crippen molar-refractivity contribution in [3.05, 3.63) is 34.9 Å². The lowest BCUT2D eigenvalue weighted by atomic mass is 9.88. The van der Waals surface area contributed by atoms with Crippen LogP contribution in [-0.2, 0) is 11.2 Å². The molecule has 4 heteroatoms. The molecule has 0 bridgehead atoms. The van der Waals surface area contributed by atoms with Gasteiger partial charge >= 0.3 is 0 Å². The van der Waals surface area contributed by atoms with Crippen LogP contribution in [0.5, 0.6) is 0 Å². The Bertz CT molecular complexity index is 440. The summed E-state index contributed by atoms with van der Waals surface area (Å²) in [4.78, 5) is 2.49. The Kier molecular flexibility index (Phi) is 4.32. The van der Waals surface area contributed by atoms with E-state index >= 15 is 0 Å². The fraction of sp³-hybridized carbons (Fsp3) is 0.625. The summed E-state index contributed by atoms with van der Waals surface area (Å²) in [7, 11) is 0. The van der Waals surface area contributed by atoms with Crippen molar-refractivity contribution in [3.63, 3.8) is 0 Å². The number of rotatable bonds is 3. The molecule has 1 aromatic carbocycles. The van der Waals surface area contributed by atoms with E-state index in [2.05, 4.69) is 17.0 Å². The number of hydrogen-bond donors (Lipinski definition) is 1. The van der Waals surface area contributed by atoms with E-state index in [1.807, 2.05) is 12.1 Å². The molecule has 1 unspecified atom stereocenters. The SMILES string of the molecule is OC1COC2(CCN(CCc3ccc(Cl)cc3)CC2)C1. The highest BCUT2D eigenvalue weighted by Crippen LogP contribution is 2.35. The quantitative estimate of drug-likeness (QED) is 0.930. The van der Waals surface area contributed by atoms with E-state index in [1.54, 1.807) is 0 Å². The van der Waals surface area contributed by atoms with Crippen molar-refractivity contribution >= 4 is 11.6 Å². The largest absolute Gasteiger partial charge is 0.391 e. The molecule has 0 aromatic heterocycles. The third-order valence-electron chi connectivity index (χ3n) is 4.59. The maximum Gasteiger partial charge on any atom is 0.0801 e. The van der Waals surface area contributed by atoms with Gasteiger partial charge in [-0.25, -0.2) is 0 Å². The number of likely N-dealkylation sites (tertiary alicyclic amines) is 1. The zero-order valence-corrected chi connectivity index (χ0v) is 12.5. The molecule has 1 atom stereocenters. The molecule has 1 spiro atoms. The molecule has 2 saturated heterocycles. The van der Waals surface area contributed by atoms with Gasteiger partial charge in [-0.3, -0.25) is 0 Å². The van der Waals surface area contributed by atoms with Gasteiger partial charge < -0.3 is 14.7 Å². The van der Waals surface area contributed by atoms with E-state index in [-0.39, 0.29) is 11.7 Å². The van der Waals surface area contributed by atoms with Crippen LogP contribution in [0.3, 0.4) is 0 Å². The van der Waals surface area contributed by atoms with Crippen LogP contribution >= 0.6 is 11.6 Å². The van der Waals surface area contributed by atoms with Gasteiger partial charge in [-0.15, -0.1) is 0 Å². The van der Waals surface area contributed by atoms with Crippen molar-refractivity contribution in [2.75, 3.05) is 26.2 Å². The highest BCUT2D eigenvalue weighted by Gasteiger charge is 2.41. The topological polar surface area (TPSA) is 32.7 Å². The van der Waals surface area contributed by atoms with Gasteiger partial charge in [-0.05, 0) is 37.0 Å². The Labute approximate surface area is 125 Å². The van der Waals surface area contributed by atoms with Gasteiger partial charge in [-0.1, -0.05) is 23.7 Å². The summed E-state index contributed by atoms with van der Waals surface area (Å²) in [5.74, 6) is 0. The molecule has 1 N–H and O–H groups in total. The second-order valence-electron chi connectivity index (χ2n) is 6.07. The summed E-state index contributed by atoms with van der Waals surface area (Å²) in [5.41, 5.74) is 1.30. The lowest BCUT2D eigenvalue weighted by molar-refractivity contribution is -0.0440. The van der Waals surface area contributed by atoms with Crippen LogP contribution in [-0.4, -0.2) is 48.0 Å². The number of halogens is 1. The summed E-state index contributed by atoms with van der Waals surface area (Å²) in [5, 5.41) is 10.4. The molecule has 2 fully saturated rings. The third kappa shape index (κ3) is 3.34. The fourth-order valence-corrected chi connectivity index (χ4v) is 3.42. The zero-order valence-electron chi connectivity index (χ0n) is 11.7. The highest BCUT2D eigenvalue weighted by atomic mass is 35.5. The van der Waals surface area contributed by atoms with Gasteiger partial charge in [0.25, 0.3) is 0 Å². The maximum absolute atomic E-state index is 9.64. The first-order valence-electron chi connectivity index (χ1n) is 7.44. The average Bonchev–Trinajstić information content (AvgIpc) is 2.81. The minimum atomic E-state index is -0.254. The molecule has 2 aliphatic rings. The third-order valence-corrected chi connectivity index (χ3v) is 4.84. The summed E-state index contributed by atoms with van der Waals surface area (Å²) in [6.45, 7) is 3.74. The Morgan fingerprint density at radius 3 is 2.55 bits per heavy atom. The molecule has 0 aliphatic carbocycles. The first kappa shape index (κ1) is 14.3. The molecule has 0 saturated carbocycles. The average molecular weight is 296 g/mol. The Morgan fingerprint density at radius 1 is 1.25 bits per heavy atom. The highest BCUT2D eigenvalue weighted by molar-refractivity contribution is 6.30. The first-order chi connectivity index (χ1) is 9.65. The van der Waals surface area contributed by atoms with Crippen molar-refractivity contribution in [1.29, 1.82) is 0 Å². The number of hydrogen-bond acceptors (Lipinski definition) is 3. The predicted octanol–water partition coefficient (Wildman–Crippen LogP) is 2.50. The lowest BCUT2D eigenvalue weighted by Gasteiger charge is -2.38. The predicted molar refractivity (Wildman–Crippen MR) is 80.1 cm³/mol. The van der Waals surface area contributed by atoms with Gasteiger partial charge in [-0.2, -0.15) is 0 Å². The Balaban J connectivity index is 1.46. The second kappa shape index (κ2) is 6.02. The van der Waals surface area contributed by atoms with Crippen molar-refractivity contribution < 1.29 is 9.84 Å². The van der Waals surface area contributed by atoms with E-state index in [1.165, 1.54) is 5.56 Å². The second-order valence-corrected chi connectivity index (χ2v) is 6.51. The van der Waals surface area contributed by atoms with Crippen molar-refractivity contribution in [2.45, 2.75) is 37.4 Å². The standard InChI is InChI=1S/C16H22ClNO2/c17-14-3-1-13(2-4-14)5-8-18-9-6-16(7-10-18)11-15(19)12-20-16/h1-4,15,19H,5-12H2. The van der Waals surface area contributed by atoms with Gasteiger partial charge in [0.05, 0.1) is 18.3 Å². The van der Waals surface area contributed by atoms with Crippen LogP contribution < -0.4 is 0 Å². The van der Waals surface area contributed by atoms with Crippen LogP contribution in [0.15, 0.2) is 24.3 Å². The van der Waals surface area contributed by atoms with E-state index in [0.717, 1.165) is 50.3 Å². The molecule has 0 amide bonds. The van der Waals surface area contributed by atoms with Crippen LogP contribution in [0.2, 0.25) is 5.02 Å². The molecule has 3 nitrogen and oxygen atoms in total. The maximum atomic E-state index is 9.64. The van der Waals surface area contributed by atoms with Gasteiger partial charge in [0.1, 0.15) is 0 Å². The molecule has 20 heavy (non-hydrogen) atoms. The molecule has 0 radical (unpaired) electrons. The minimum Gasteiger partial charge on any atom is -0.391 e. The van der Waals surface area contributed by atoms with E-state index in [9.17, 15) is 5.11 Å². The monoisotopic (exact) mass is 295 g/mol. The van der Waals surface area contributed by atoms with Crippen LogP contribution in [0.25, 0.3) is 0 Å². The molecule has 2 aliphatic heterocycles. The smallest absolute Gasteiger partial charge is 0.0801 e. The number of ether oxygens (including phenoxy) is 1. The number of piperidine rings is 1. The van der Waals surface area contributed by atoms with Gasteiger partial charge in [0, 0.05) is 31.1 Å². The zero-order chi connectivity index (χ0) is 14.0. The summed E-state index contributed by atoms with van der Waals surface area (Å²) in [6.07, 6.45) is 3.72. The molecule has 2 heterocycles. The van der Waals surface area contributed by atoms with Crippen LogP contribution in [0.4, 0.5) is 0 Å². The van der Waals surface area contributed by atoms with Crippen LogP contribution in [0.1, 0.15) is 24.8 Å².